The second-order valence-corrected chi connectivity index (χ2v) is 9.42. The van der Waals surface area contributed by atoms with Gasteiger partial charge in [0, 0.05) is 36.2 Å². The molecule has 2 saturated carbocycles. The molecule has 0 spiro atoms. The summed E-state index contributed by atoms with van der Waals surface area (Å²) in [4.78, 5) is 20.4. The highest BCUT2D eigenvalue weighted by molar-refractivity contribution is 5.80. The average molecular weight is 458 g/mol. The second kappa shape index (κ2) is 9.45. The Labute approximate surface area is 200 Å². The zero-order chi connectivity index (χ0) is 23.5. The molecule has 1 aromatic heterocycles. The van der Waals surface area contributed by atoms with E-state index in [1.807, 2.05) is 6.07 Å². The molecule has 0 atom stereocenters. The highest BCUT2D eigenvalue weighted by Crippen LogP contribution is 2.47. The van der Waals surface area contributed by atoms with E-state index in [-0.39, 0.29) is 17.5 Å². The molecule has 6 heteroatoms. The van der Waals surface area contributed by atoms with Gasteiger partial charge in [0.05, 0.1) is 13.2 Å². The van der Waals surface area contributed by atoms with E-state index in [1.54, 1.807) is 19.5 Å². The maximum absolute atomic E-state index is 12.2. The van der Waals surface area contributed by atoms with Crippen LogP contribution < -0.4 is 15.2 Å². The lowest BCUT2D eigenvalue weighted by Crippen LogP contribution is -2.33. The Hall–Kier alpha value is -3.41. The molecule has 2 aliphatic rings. The predicted molar refractivity (Wildman–Crippen MR) is 132 cm³/mol. The van der Waals surface area contributed by atoms with E-state index in [4.69, 9.17) is 15.2 Å². The van der Waals surface area contributed by atoms with Crippen molar-refractivity contribution in [2.45, 2.75) is 62.9 Å². The molecule has 34 heavy (non-hydrogen) atoms. The molecule has 0 unspecified atom stereocenters. The van der Waals surface area contributed by atoms with E-state index in [2.05, 4.69) is 46.4 Å². The summed E-state index contributed by atoms with van der Waals surface area (Å²) >= 11 is 0. The van der Waals surface area contributed by atoms with Crippen molar-refractivity contribution in [2.75, 3.05) is 12.8 Å². The van der Waals surface area contributed by atoms with E-state index >= 15 is 0 Å². The van der Waals surface area contributed by atoms with E-state index in [0.717, 1.165) is 48.3 Å². The van der Waals surface area contributed by atoms with Crippen LogP contribution in [0.15, 0.2) is 54.9 Å². The van der Waals surface area contributed by atoms with E-state index < -0.39 is 0 Å². The molecule has 2 aromatic carbocycles. The number of nitrogen functional groups attached to an aromatic ring is 1. The van der Waals surface area contributed by atoms with Crippen molar-refractivity contribution in [1.29, 1.82) is 0 Å². The summed E-state index contributed by atoms with van der Waals surface area (Å²) in [5.41, 5.74) is 9.73. The lowest BCUT2D eigenvalue weighted by atomic mass is 9.65. The van der Waals surface area contributed by atoms with E-state index in [9.17, 15) is 4.79 Å². The van der Waals surface area contributed by atoms with Crippen molar-refractivity contribution in [1.82, 2.24) is 9.97 Å². The van der Waals surface area contributed by atoms with Gasteiger partial charge in [0.25, 0.3) is 0 Å². The summed E-state index contributed by atoms with van der Waals surface area (Å²) in [5.74, 6) is 2.17. The van der Waals surface area contributed by atoms with E-state index in [1.165, 1.54) is 24.0 Å². The number of methoxy groups -OCH3 is 1. The minimum absolute atomic E-state index is 0.245. The van der Waals surface area contributed by atoms with Crippen LogP contribution in [0.3, 0.4) is 0 Å². The largest absolute Gasteiger partial charge is 0.493 e. The summed E-state index contributed by atoms with van der Waals surface area (Å²) in [5, 5.41) is 0. The van der Waals surface area contributed by atoms with Gasteiger partial charge in [-0.05, 0) is 67.3 Å². The van der Waals surface area contributed by atoms with Crippen molar-refractivity contribution >= 4 is 11.7 Å². The summed E-state index contributed by atoms with van der Waals surface area (Å²) in [6.45, 7) is 0. The lowest BCUT2D eigenvalue weighted by Gasteiger charge is -2.38. The molecule has 2 N–H and O–H groups in total. The number of hydrogen-bond donors (Lipinski definition) is 1. The van der Waals surface area contributed by atoms with Gasteiger partial charge in [0.15, 0.2) is 11.5 Å². The van der Waals surface area contributed by atoms with Gasteiger partial charge < -0.3 is 15.2 Å². The van der Waals surface area contributed by atoms with Crippen molar-refractivity contribution in [2.24, 2.45) is 0 Å². The third kappa shape index (κ3) is 4.37. The predicted octanol–water partition coefficient (Wildman–Crippen LogP) is 5.49. The first-order chi connectivity index (χ1) is 16.6. The standard InChI is InChI=1S/C28H31N3O3/c1-33-25-11-10-22(16-26(25)34-24-4-2-3-5-24)28(14-12-23(32)13-15-28)21-8-6-19(7-9-21)20-17-30-27(29)31-18-20/h6-11,16-18,24H,2-5,12-15H2,1H3,(H2,29,30,31). The number of carbonyl (C=O) groups excluding carboxylic acids is 1. The fourth-order valence-electron chi connectivity index (χ4n) is 5.42. The monoisotopic (exact) mass is 457 g/mol. The SMILES string of the molecule is COc1ccc(C2(c3ccc(-c4cnc(N)nc4)cc3)CCC(=O)CC2)cc1OC1CCCC1. The number of nitrogens with zero attached hydrogens (tertiary/aromatic N) is 2. The van der Waals surface area contributed by atoms with E-state index in [0.29, 0.717) is 18.6 Å². The van der Waals surface area contributed by atoms with Gasteiger partial charge in [-0.3, -0.25) is 4.79 Å². The molecule has 0 aliphatic heterocycles. The van der Waals surface area contributed by atoms with Gasteiger partial charge in [-0.15, -0.1) is 0 Å². The van der Waals surface area contributed by atoms with Gasteiger partial charge in [-0.1, -0.05) is 30.3 Å². The van der Waals surface area contributed by atoms with Gasteiger partial charge in [0.1, 0.15) is 5.78 Å². The molecule has 6 nitrogen and oxygen atoms in total. The maximum atomic E-state index is 12.2. The first kappa shape index (κ1) is 22.4. The zero-order valence-corrected chi connectivity index (χ0v) is 19.6. The van der Waals surface area contributed by atoms with Crippen LogP contribution in [0.1, 0.15) is 62.5 Å². The number of ether oxygens (including phenoxy) is 2. The van der Waals surface area contributed by atoms with Crippen LogP contribution >= 0.6 is 0 Å². The average Bonchev–Trinajstić information content (AvgIpc) is 3.38. The molecule has 0 amide bonds. The Morgan fingerprint density at radius 3 is 2.18 bits per heavy atom. The number of nitrogens with two attached hydrogens (primary N) is 1. The maximum Gasteiger partial charge on any atom is 0.219 e. The Balaban J connectivity index is 1.52. The van der Waals surface area contributed by atoms with Gasteiger partial charge in [-0.25, -0.2) is 9.97 Å². The quantitative estimate of drug-likeness (QED) is 0.527. The molecule has 2 fully saturated rings. The molecule has 0 bridgehead atoms. The molecule has 5 rings (SSSR count). The minimum atomic E-state index is -0.246. The van der Waals surface area contributed by atoms with Crippen LogP contribution in [0, 0.1) is 0 Å². The molecule has 176 valence electrons. The number of carbonyl (C=O) groups is 1. The molecule has 1 heterocycles. The first-order valence-electron chi connectivity index (χ1n) is 12.1. The van der Waals surface area contributed by atoms with Gasteiger partial charge in [0.2, 0.25) is 5.95 Å². The van der Waals surface area contributed by atoms with Crippen LogP contribution in [-0.2, 0) is 10.2 Å². The van der Waals surface area contributed by atoms with Crippen LogP contribution in [0.25, 0.3) is 11.1 Å². The van der Waals surface area contributed by atoms with Gasteiger partial charge in [-0.2, -0.15) is 0 Å². The van der Waals surface area contributed by atoms with Crippen molar-refractivity contribution in [3.8, 4) is 22.6 Å². The lowest BCUT2D eigenvalue weighted by molar-refractivity contribution is -0.121. The number of ketones is 1. The molecular formula is C28H31N3O3. The van der Waals surface area contributed by atoms with Crippen LogP contribution in [0.5, 0.6) is 11.5 Å². The zero-order valence-electron chi connectivity index (χ0n) is 19.6. The Morgan fingerprint density at radius 1 is 0.882 bits per heavy atom. The van der Waals surface area contributed by atoms with Crippen molar-refractivity contribution < 1.29 is 14.3 Å². The summed E-state index contributed by atoms with van der Waals surface area (Å²) in [7, 11) is 1.69. The van der Waals surface area contributed by atoms with Gasteiger partial charge >= 0.3 is 0 Å². The Kier molecular flexibility index (Phi) is 6.22. The Bertz CT molecular complexity index is 1140. The van der Waals surface area contributed by atoms with Crippen LogP contribution in [-0.4, -0.2) is 29.0 Å². The molecule has 2 aliphatic carbocycles. The summed E-state index contributed by atoms with van der Waals surface area (Å²) in [6, 6.07) is 14.8. The molecule has 0 radical (unpaired) electrons. The Morgan fingerprint density at radius 2 is 1.53 bits per heavy atom. The highest BCUT2D eigenvalue weighted by Gasteiger charge is 2.38. The van der Waals surface area contributed by atoms with Crippen LogP contribution in [0.2, 0.25) is 0 Å². The van der Waals surface area contributed by atoms with Crippen LogP contribution in [0.4, 0.5) is 5.95 Å². The number of aromatic nitrogens is 2. The number of hydrogen-bond acceptors (Lipinski definition) is 6. The second-order valence-electron chi connectivity index (χ2n) is 9.42. The topological polar surface area (TPSA) is 87.3 Å². The third-order valence-electron chi connectivity index (χ3n) is 7.42. The summed E-state index contributed by atoms with van der Waals surface area (Å²) < 4.78 is 12.0. The number of Topliss-reactive ketones (excluding diaryl/α,β-unsaturated/α-hetero) is 1. The van der Waals surface area contributed by atoms with Crippen molar-refractivity contribution in [3.63, 3.8) is 0 Å². The molecular weight excluding hydrogens is 426 g/mol. The molecule has 3 aromatic rings. The number of anilines is 1. The normalized spacial score (nSPS) is 18.1. The number of benzene rings is 2. The number of rotatable bonds is 6. The highest BCUT2D eigenvalue weighted by atomic mass is 16.5. The minimum Gasteiger partial charge on any atom is -0.493 e. The van der Waals surface area contributed by atoms with Crippen molar-refractivity contribution in [3.05, 3.63) is 66.0 Å². The fraction of sp³-hybridized carbons (Fsp3) is 0.393. The third-order valence-corrected chi connectivity index (χ3v) is 7.42. The fourth-order valence-corrected chi connectivity index (χ4v) is 5.42. The summed E-state index contributed by atoms with van der Waals surface area (Å²) in [6.07, 6.45) is 11.0. The molecule has 0 saturated heterocycles. The smallest absolute Gasteiger partial charge is 0.219 e. The first-order valence-corrected chi connectivity index (χ1v) is 12.1.